The molecule has 0 aromatic carbocycles. The van der Waals surface area contributed by atoms with Gasteiger partial charge in [-0.15, -0.1) is 0 Å². The Kier molecular flexibility index (Phi) is 4.09. The molecule has 116 valence electrons. The summed E-state index contributed by atoms with van der Waals surface area (Å²) in [5.41, 5.74) is 2.06. The summed E-state index contributed by atoms with van der Waals surface area (Å²) in [7, 11) is 0. The number of aromatic nitrogens is 2. The lowest BCUT2D eigenvalue weighted by Crippen LogP contribution is -2.42. The van der Waals surface area contributed by atoms with Crippen LogP contribution in [-0.2, 0) is 16.1 Å². The molecule has 6 heteroatoms. The Morgan fingerprint density at radius 2 is 2.09 bits per heavy atom. The van der Waals surface area contributed by atoms with Crippen LogP contribution < -0.4 is 5.32 Å². The van der Waals surface area contributed by atoms with E-state index in [0.717, 1.165) is 23.9 Å². The summed E-state index contributed by atoms with van der Waals surface area (Å²) >= 11 is 0. The molecule has 2 aromatic rings. The number of amides is 2. The van der Waals surface area contributed by atoms with Gasteiger partial charge in [0.25, 0.3) is 0 Å². The third kappa shape index (κ3) is 2.95. The zero-order valence-electron chi connectivity index (χ0n) is 12.7. The molecule has 3 rings (SSSR count). The van der Waals surface area contributed by atoms with Gasteiger partial charge in [-0.3, -0.25) is 9.59 Å². The standard InChI is InChI=1S/C16H20N4O2/c1-12(21)19-9-5-13(6-10-19)16(22)17-11-14-3-2-8-20-15(14)4-7-18-20/h2-4,7-8,13H,5-6,9-11H2,1H3,(H,17,22). The fraction of sp³-hybridized carbons (Fsp3) is 0.438. The van der Waals surface area contributed by atoms with Crippen LogP contribution in [0.15, 0.2) is 30.6 Å². The number of piperidine rings is 1. The number of pyridine rings is 1. The van der Waals surface area contributed by atoms with E-state index in [9.17, 15) is 9.59 Å². The number of nitrogens with one attached hydrogen (secondary N) is 1. The quantitative estimate of drug-likeness (QED) is 0.926. The van der Waals surface area contributed by atoms with Crippen molar-refractivity contribution in [3.8, 4) is 0 Å². The minimum Gasteiger partial charge on any atom is -0.352 e. The number of carbonyl (C=O) groups is 2. The van der Waals surface area contributed by atoms with E-state index in [1.54, 1.807) is 22.5 Å². The average Bonchev–Trinajstić information content (AvgIpc) is 3.01. The van der Waals surface area contributed by atoms with E-state index >= 15 is 0 Å². The van der Waals surface area contributed by atoms with Crippen LogP contribution in [0.1, 0.15) is 25.3 Å². The zero-order valence-corrected chi connectivity index (χ0v) is 12.7. The Balaban J connectivity index is 1.57. The molecule has 1 fully saturated rings. The predicted octanol–water partition coefficient (Wildman–Crippen LogP) is 1.21. The molecule has 6 nitrogen and oxygen atoms in total. The van der Waals surface area contributed by atoms with Gasteiger partial charge in [0, 0.05) is 44.9 Å². The van der Waals surface area contributed by atoms with Crippen LogP contribution in [0, 0.1) is 5.92 Å². The minimum absolute atomic E-state index is 0.000225. The summed E-state index contributed by atoms with van der Waals surface area (Å²) in [6, 6.07) is 5.86. The lowest BCUT2D eigenvalue weighted by molar-refractivity contribution is -0.134. The number of nitrogens with zero attached hydrogens (tertiary/aromatic N) is 3. The highest BCUT2D eigenvalue weighted by molar-refractivity contribution is 5.79. The van der Waals surface area contributed by atoms with E-state index in [1.807, 2.05) is 24.4 Å². The van der Waals surface area contributed by atoms with Crippen molar-refractivity contribution >= 4 is 17.3 Å². The van der Waals surface area contributed by atoms with E-state index in [-0.39, 0.29) is 17.7 Å². The van der Waals surface area contributed by atoms with Gasteiger partial charge in [0.15, 0.2) is 0 Å². The van der Waals surface area contributed by atoms with E-state index < -0.39 is 0 Å². The maximum Gasteiger partial charge on any atom is 0.223 e. The molecule has 2 amide bonds. The number of likely N-dealkylation sites (tertiary alicyclic amines) is 1. The third-order valence-electron chi connectivity index (χ3n) is 4.29. The van der Waals surface area contributed by atoms with Gasteiger partial charge < -0.3 is 10.2 Å². The first kappa shape index (κ1) is 14.6. The van der Waals surface area contributed by atoms with Gasteiger partial charge >= 0.3 is 0 Å². The van der Waals surface area contributed by atoms with Crippen LogP contribution in [0.4, 0.5) is 0 Å². The molecule has 1 aliphatic rings. The molecular weight excluding hydrogens is 280 g/mol. The van der Waals surface area contributed by atoms with Crippen molar-refractivity contribution in [3.63, 3.8) is 0 Å². The minimum atomic E-state index is 0.000225. The molecule has 0 bridgehead atoms. The maximum atomic E-state index is 12.3. The summed E-state index contributed by atoms with van der Waals surface area (Å²) in [6.07, 6.45) is 5.11. The number of rotatable bonds is 3. The molecule has 1 N–H and O–H groups in total. The lowest BCUT2D eigenvalue weighted by Gasteiger charge is -2.30. The van der Waals surface area contributed by atoms with Gasteiger partial charge in [-0.25, -0.2) is 4.52 Å². The molecule has 0 aliphatic carbocycles. The molecular formula is C16H20N4O2. The Hall–Kier alpha value is -2.37. The average molecular weight is 300 g/mol. The SMILES string of the molecule is CC(=O)N1CCC(C(=O)NCc2cccn3nccc23)CC1. The van der Waals surface area contributed by atoms with Crippen molar-refractivity contribution in [1.29, 1.82) is 0 Å². The smallest absolute Gasteiger partial charge is 0.223 e. The molecule has 1 aliphatic heterocycles. The van der Waals surface area contributed by atoms with Crippen LogP contribution in [0.5, 0.6) is 0 Å². The van der Waals surface area contributed by atoms with Gasteiger partial charge in [0.1, 0.15) is 0 Å². The second-order valence-electron chi connectivity index (χ2n) is 5.69. The largest absolute Gasteiger partial charge is 0.352 e. The summed E-state index contributed by atoms with van der Waals surface area (Å²) in [4.78, 5) is 25.4. The van der Waals surface area contributed by atoms with Crippen LogP contribution >= 0.6 is 0 Å². The highest BCUT2D eigenvalue weighted by Gasteiger charge is 2.25. The highest BCUT2D eigenvalue weighted by atomic mass is 16.2. The van der Waals surface area contributed by atoms with Crippen molar-refractivity contribution in [2.24, 2.45) is 5.92 Å². The summed E-state index contributed by atoms with van der Waals surface area (Å²) in [5, 5.41) is 7.20. The van der Waals surface area contributed by atoms with Crippen molar-refractivity contribution in [3.05, 3.63) is 36.2 Å². The number of carbonyl (C=O) groups excluding carboxylic acids is 2. The molecule has 1 saturated heterocycles. The zero-order chi connectivity index (χ0) is 15.5. The van der Waals surface area contributed by atoms with Gasteiger partial charge in [0.05, 0.1) is 5.52 Å². The Morgan fingerprint density at radius 3 is 2.82 bits per heavy atom. The molecule has 0 saturated carbocycles. The van der Waals surface area contributed by atoms with Gasteiger partial charge in [0.2, 0.25) is 11.8 Å². The van der Waals surface area contributed by atoms with Crippen molar-refractivity contribution < 1.29 is 9.59 Å². The fourth-order valence-electron chi connectivity index (χ4n) is 2.95. The molecule has 0 spiro atoms. The topological polar surface area (TPSA) is 66.7 Å². The predicted molar refractivity (Wildman–Crippen MR) is 82.0 cm³/mol. The van der Waals surface area contributed by atoms with Crippen LogP contribution in [-0.4, -0.2) is 39.4 Å². The Morgan fingerprint density at radius 1 is 1.32 bits per heavy atom. The number of hydrogen-bond acceptors (Lipinski definition) is 3. The fourth-order valence-corrected chi connectivity index (χ4v) is 2.95. The van der Waals surface area contributed by atoms with Gasteiger partial charge in [-0.2, -0.15) is 5.10 Å². The summed E-state index contributed by atoms with van der Waals surface area (Å²) < 4.78 is 1.80. The molecule has 0 radical (unpaired) electrons. The number of fused-ring (bicyclic) bond motifs is 1. The Labute approximate surface area is 129 Å². The van der Waals surface area contributed by atoms with E-state index in [0.29, 0.717) is 19.6 Å². The van der Waals surface area contributed by atoms with Crippen LogP contribution in [0.2, 0.25) is 0 Å². The van der Waals surface area contributed by atoms with E-state index in [2.05, 4.69) is 10.4 Å². The molecule has 0 atom stereocenters. The monoisotopic (exact) mass is 300 g/mol. The molecule has 3 heterocycles. The Bertz CT molecular complexity index is 686. The second kappa shape index (κ2) is 6.17. The summed E-state index contributed by atoms with van der Waals surface area (Å²) in [6.45, 7) is 3.42. The van der Waals surface area contributed by atoms with Crippen molar-refractivity contribution in [1.82, 2.24) is 19.8 Å². The second-order valence-corrected chi connectivity index (χ2v) is 5.69. The van der Waals surface area contributed by atoms with Crippen molar-refractivity contribution in [2.45, 2.75) is 26.3 Å². The lowest BCUT2D eigenvalue weighted by atomic mass is 9.96. The maximum absolute atomic E-state index is 12.3. The molecule has 2 aromatic heterocycles. The summed E-state index contributed by atoms with van der Waals surface area (Å²) in [5.74, 6) is 0.163. The highest BCUT2D eigenvalue weighted by Crippen LogP contribution is 2.18. The van der Waals surface area contributed by atoms with Gasteiger partial charge in [-0.1, -0.05) is 6.07 Å². The molecule has 22 heavy (non-hydrogen) atoms. The van der Waals surface area contributed by atoms with Gasteiger partial charge in [-0.05, 0) is 30.5 Å². The van der Waals surface area contributed by atoms with Crippen LogP contribution in [0.25, 0.3) is 5.52 Å². The normalized spacial score (nSPS) is 16.0. The van der Waals surface area contributed by atoms with E-state index in [4.69, 9.17) is 0 Å². The first-order valence-corrected chi connectivity index (χ1v) is 7.59. The van der Waals surface area contributed by atoms with Crippen LogP contribution in [0.3, 0.4) is 0 Å². The van der Waals surface area contributed by atoms with Crippen molar-refractivity contribution in [2.75, 3.05) is 13.1 Å². The van der Waals surface area contributed by atoms with E-state index in [1.165, 1.54) is 0 Å². The molecule has 0 unspecified atom stereocenters. The third-order valence-corrected chi connectivity index (χ3v) is 4.29. The first-order chi connectivity index (χ1) is 10.6. The number of hydrogen-bond donors (Lipinski definition) is 1. The first-order valence-electron chi connectivity index (χ1n) is 7.59.